The molecule has 1 heterocycles. The summed E-state index contributed by atoms with van der Waals surface area (Å²) in [7, 11) is 0. The van der Waals surface area contributed by atoms with E-state index in [1.807, 2.05) is 29.3 Å². The van der Waals surface area contributed by atoms with E-state index in [0.717, 1.165) is 36.5 Å². The molecule has 0 saturated heterocycles. The number of nitrogens with one attached hydrogen (secondary N) is 1. The fourth-order valence-electron chi connectivity index (χ4n) is 3.04. The highest BCUT2D eigenvalue weighted by Gasteiger charge is 2.18. The Morgan fingerprint density at radius 1 is 1.22 bits per heavy atom. The largest absolute Gasteiger partial charge is 0.297 e. The van der Waals surface area contributed by atoms with Crippen LogP contribution < -0.4 is 10.4 Å². The maximum Gasteiger partial charge on any atom is 0.141 e. The highest BCUT2D eigenvalue weighted by Crippen LogP contribution is 2.23. The summed E-state index contributed by atoms with van der Waals surface area (Å²) in [6.07, 6.45) is 2.70. The molecule has 3 rings (SSSR count). The number of nitrogens with zero attached hydrogens (tertiary/aromatic N) is 2. The highest BCUT2D eigenvalue weighted by molar-refractivity contribution is 6.31. The average molecular weight is 406 g/mol. The van der Waals surface area contributed by atoms with Gasteiger partial charge in [-0.05, 0) is 60.9 Å². The molecule has 2 aromatic rings. The number of hydrogen-bond acceptors (Lipinski definition) is 3. The zero-order chi connectivity index (χ0) is 19.4. The quantitative estimate of drug-likeness (QED) is 0.615. The van der Waals surface area contributed by atoms with Crippen molar-refractivity contribution in [2.45, 2.75) is 19.9 Å². The van der Waals surface area contributed by atoms with Gasteiger partial charge in [0.1, 0.15) is 5.82 Å². The first kappa shape index (κ1) is 19.7. The van der Waals surface area contributed by atoms with Gasteiger partial charge < -0.3 is 0 Å². The van der Waals surface area contributed by atoms with Gasteiger partial charge in [-0.25, -0.2) is 4.39 Å². The van der Waals surface area contributed by atoms with E-state index < -0.39 is 0 Å². The molecule has 142 valence electrons. The smallest absolute Gasteiger partial charge is 0.141 e. The molecule has 0 saturated carbocycles. The molecule has 0 bridgehead atoms. The third-order valence-corrected chi connectivity index (χ3v) is 5.17. The van der Waals surface area contributed by atoms with Gasteiger partial charge in [-0.2, -0.15) is 0 Å². The molecule has 27 heavy (non-hydrogen) atoms. The Kier molecular flexibility index (Phi) is 6.42. The number of halogens is 3. The summed E-state index contributed by atoms with van der Waals surface area (Å²) in [4.78, 5) is 2.31. The topological polar surface area (TPSA) is 18.5 Å². The van der Waals surface area contributed by atoms with E-state index >= 15 is 0 Å². The Bertz CT molecular complexity index is 849. The van der Waals surface area contributed by atoms with Crippen molar-refractivity contribution in [2.75, 3.05) is 18.1 Å². The molecule has 1 aliphatic rings. The van der Waals surface area contributed by atoms with E-state index in [2.05, 4.69) is 23.8 Å². The van der Waals surface area contributed by atoms with Gasteiger partial charge >= 0.3 is 0 Å². The molecule has 1 N–H and O–H groups in total. The van der Waals surface area contributed by atoms with Crippen molar-refractivity contribution in [3.8, 4) is 0 Å². The lowest BCUT2D eigenvalue weighted by Gasteiger charge is -2.33. The number of benzene rings is 2. The summed E-state index contributed by atoms with van der Waals surface area (Å²) >= 11 is 11.9. The highest BCUT2D eigenvalue weighted by atomic mass is 35.5. The van der Waals surface area contributed by atoms with Crippen LogP contribution in [0.2, 0.25) is 10.0 Å². The van der Waals surface area contributed by atoms with Gasteiger partial charge in [-0.15, -0.1) is 0 Å². The van der Waals surface area contributed by atoms with Crippen LogP contribution >= 0.6 is 23.2 Å². The molecule has 0 unspecified atom stereocenters. The Morgan fingerprint density at radius 2 is 1.96 bits per heavy atom. The summed E-state index contributed by atoms with van der Waals surface area (Å²) in [5.74, 6) is -0.387. The van der Waals surface area contributed by atoms with Gasteiger partial charge in [0, 0.05) is 36.6 Å². The van der Waals surface area contributed by atoms with E-state index in [1.54, 1.807) is 18.3 Å². The van der Waals surface area contributed by atoms with Crippen LogP contribution in [0.3, 0.4) is 0 Å². The predicted octanol–water partition coefficient (Wildman–Crippen LogP) is 5.77. The van der Waals surface area contributed by atoms with Gasteiger partial charge in [-0.3, -0.25) is 15.3 Å². The van der Waals surface area contributed by atoms with Crippen LogP contribution in [-0.2, 0) is 6.54 Å². The van der Waals surface area contributed by atoms with Crippen molar-refractivity contribution in [1.82, 2.24) is 10.3 Å². The summed E-state index contributed by atoms with van der Waals surface area (Å²) in [6.45, 7) is 8.46. The lowest BCUT2D eigenvalue weighted by Crippen LogP contribution is -2.41. The Hall–Kier alpha value is -2.01. The number of hydrogen-bond donors (Lipinski definition) is 1. The normalized spacial score (nSPS) is 15.0. The summed E-state index contributed by atoms with van der Waals surface area (Å²) in [5.41, 5.74) is 7.84. The molecule has 0 radical (unpaired) electrons. The third-order valence-electron chi connectivity index (χ3n) is 4.63. The monoisotopic (exact) mass is 405 g/mol. The van der Waals surface area contributed by atoms with Crippen LogP contribution in [0.15, 0.2) is 66.5 Å². The van der Waals surface area contributed by atoms with Crippen molar-refractivity contribution in [3.05, 3.63) is 87.9 Å². The molecule has 0 amide bonds. The van der Waals surface area contributed by atoms with E-state index in [9.17, 15) is 4.39 Å². The lowest BCUT2D eigenvalue weighted by molar-refractivity contribution is 0.270. The maximum atomic E-state index is 13.4. The molecule has 0 spiro atoms. The minimum Gasteiger partial charge on any atom is -0.297 e. The van der Waals surface area contributed by atoms with Crippen LogP contribution in [-0.4, -0.2) is 18.0 Å². The van der Waals surface area contributed by atoms with Crippen molar-refractivity contribution in [3.63, 3.8) is 0 Å². The molecule has 1 aliphatic heterocycles. The molecular weight excluding hydrogens is 384 g/mol. The van der Waals surface area contributed by atoms with E-state index in [0.29, 0.717) is 11.6 Å². The fourth-order valence-corrected chi connectivity index (χ4v) is 3.37. The fraction of sp³-hybridized carbons (Fsp3) is 0.238. The van der Waals surface area contributed by atoms with E-state index in [-0.39, 0.29) is 10.8 Å². The summed E-state index contributed by atoms with van der Waals surface area (Å²) in [6, 6.07) is 12.5. The first-order chi connectivity index (χ1) is 13.0. The second-order valence-electron chi connectivity index (χ2n) is 6.61. The molecule has 0 atom stereocenters. The number of hydrazine groups is 1. The minimum absolute atomic E-state index is 0.162. The molecule has 6 heteroatoms. The molecule has 0 aliphatic carbocycles. The van der Waals surface area contributed by atoms with Gasteiger partial charge in [0.15, 0.2) is 0 Å². The van der Waals surface area contributed by atoms with Gasteiger partial charge in [0.25, 0.3) is 0 Å². The molecule has 0 fully saturated rings. The number of rotatable bonds is 6. The maximum absolute atomic E-state index is 13.4. The van der Waals surface area contributed by atoms with Crippen molar-refractivity contribution in [1.29, 1.82) is 0 Å². The zero-order valence-electron chi connectivity index (χ0n) is 15.2. The second kappa shape index (κ2) is 8.79. The van der Waals surface area contributed by atoms with Crippen molar-refractivity contribution >= 4 is 28.9 Å². The first-order valence-corrected chi connectivity index (χ1v) is 9.51. The third kappa shape index (κ3) is 5.04. The Balaban J connectivity index is 1.70. The predicted molar refractivity (Wildman–Crippen MR) is 111 cm³/mol. The van der Waals surface area contributed by atoms with Gasteiger partial charge in [0.2, 0.25) is 0 Å². The van der Waals surface area contributed by atoms with Crippen LogP contribution in [0.4, 0.5) is 10.1 Å². The first-order valence-electron chi connectivity index (χ1n) is 8.75. The summed E-state index contributed by atoms with van der Waals surface area (Å²) in [5, 5.41) is 2.74. The second-order valence-corrected chi connectivity index (χ2v) is 7.45. The Morgan fingerprint density at radius 3 is 2.63 bits per heavy atom. The SMILES string of the molecule is C=CN(NC1=C(C)CCN(Cc2ccc(F)c(Cl)c2)C1)c1ccc(Cl)cc1. The van der Waals surface area contributed by atoms with Gasteiger partial charge in [0.05, 0.1) is 10.7 Å². The summed E-state index contributed by atoms with van der Waals surface area (Å²) < 4.78 is 13.4. The van der Waals surface area contributed by atoms with Crippen molar-refractivity contribution in [2.24, 2.45) is 0 Å². The Labute approximate surface area is 169 Å². The van der Waals surface area contributed by atoms with Crippen molar-refractivity contribution < 1.29 is 4.39 Å². The van der Waals surface area contributed by atoms with Crippen LogP contribution in [0, 0.1) is 5.82 Å². The molecular formula is C21H22Cl2FN3. The lowest BCUT2D eigenvalue weighted by atomic mass is 10.1. The molecule has 2 aromatic carbocycles. The molecule has 3 nitrogen and oxygen atoms in total. The van der Waals surface area contributed by atoms with E-state index in [1.165, 1.54) is 11.6 Å². The number of anilines is 1. The van der Waals surface area contributed by atoms with Crippen LogP contribution in [0.25, 0.3) is 0 Å². The van der Waals surface area contributed by atoms with E-state index in [4.69, 9.17) is 23.2 Å². The van der Waals surface area contributed by atoms with Crippen LogP contribution in [0.5, 0.6) is 0 Å². The average Bonchev–Trinajstić information content (AvgIpc) is 2.66. The zero-order valence-corrected chi connectivity index (χ0v) is 16.7. The van der Waals surface area contributed by atoms with Crippen LogP contribution in [0.1, 0.15) is 18.9 Å². The molecule has 0 aromatic heterocycles. The minimum atomic E-state index is -0.387. The standard InChI is InChI=1S/C21H22Cl2FN3/c1-3-27(18-7-5-17(22)6-8-18)25-21-14-26(11-10-15(21)2)13-16-4-9-20(24)19(23)12-16/h3-9,12,25H,1,10-11,13-14H2,2H3. The van der Waals surface area contributed by atoms with Gasteiger partial charge in [-0.1, -0.05) is 35.8 Å².